The summed E-state index contributed by atoms with van der Waals surface area (Å²) in [5.74, 6) is 4.91. The maximum atomic E-state index is 10.3. The zero-order valence-corrected chi connectivity index (χ0v) is 14.9. The molecule has 0 heterocycles. The Kier molecular flexibility index (Phi) is 16.5. The van der Waals surface area contributed by atoms with Crippen LogP contribution in [0.3, 0.4) is 0 Å². The van der Waals surface area contributed by atoms with Crippen LogP contribution in [-0.4, -0.2) is 47.0 Å². The van der Waals surface area contributed by atoms with E-state index in [1.54, 1.807) is 4.47 Å². The number of aliphatic hydroxyl groups excluding tert-OH is 3. The van der Waals surface area contributed by atoms with Gasteiger partial charge in [0.1, 0.15) is 11.9 Å². The average molecular weight is 400 g/mol. The number of allylic oxidation sites excluding steroid dienone is 5. The first-order chi connectivity index (χ1) is 11.4. The fourth-order valence-corrected chi connectivity index (χ4v) is 2.01. The van der Waals surface area contributed by atoms with Gasteiger partial charge in [-0.3, -0.25) is 0 Å². The smallest absolute Gasteiger partial charge is 0.438 e. The topological polar surface area (TPSA) is 164 Å². The van der Waals surface area contributed by atoms with E-state index in [1.807, 2.05) is 0 Å². The van der Waals surface area contributed by atoms with Gasteiger partial charge >= 0.3 is 49.9 Å². The minimum Gasteiger partial charge on any atom is -0.854 e. The van der Waals surface area contributed by atoms with Gasteiger partial charge in [-0.2, -0.15) is 0 Å². The molecule has 0 aliphatic heterocycles. The Balaban J connectivity index is 0. The van der Waals surface area contributed by atoms with Crippen LogP contribution >= 0.6 is 8.60 Å². The molecule has 0 spiro atoms. The molecule has 0 aromatic heterocycles. The van der Waals surface area contributed by atoms with Crippen molar-refractivity contribution in [3.63, 3.8) is 0 Å². The Bertz CT molecular complexity index is 490. The number of hydrogen-bond donors (Lipinski definition) is 3. The Morgan fingerprint density at radius 2 is 1.79 bits per heavy atom. The van der Waals surface area contributed by atoms with Crippen LogP contribution in [0.1, 0.15) is 6.42 Å². The predicted molar refractivity (Wildman–Crippen MR) is 77.8 cm³/mol. The van der Waals surface area contributed by atoms with Crippen molar-refractivity contribution < 1.29 is 54.5 Å². The van der Waals surface area contributed by atoms with Crippen LogP contribution in [0, 0.1) is 5.41 Å². The second kappa shape index (κ2) is 15.6. The summed E-state index contributed by atoms with van der Waals surface area (Å²) in [6, 6.07) is 0. The zero-order chi connectivity index (χ0) is 19.0. The molecule has 8 nitrogen and oxygen atoms in total. The van der Waals surface area contributed by atoms with E-state index in [0.29, 0.717) is 0 Å². The van der Waals surface area contributed by atoms with Crippen LogP contribution in [0.15, 0.2) is 34.3 Å². The van der Waals surface area contributed by atoms with E-state index < -0.39 is 33.8 Å². The maximum Gasteiger partial charge on any atom is -0.438 e. The SMILES string of the molecule is O=C=CC(=C=O)C(CO)(CO)CO.[CH3][Mn+3][C]1=CC=CC1.[O-]P([O-])[O-]. The zero-order valence-electron chi connectivity index (χ0n) is 12.8. The molecule has 0 aromatic rings. The summed E-state index contributed by atoms with van der Waals surface area (Å²) in [6.45, 7) is -1.95. The minimum absolute atomic E-state index is 0.296. The van der Waals surface area contributed by atoms with Crippen molar-refractivity contribution in [1.29, 1.82) is 0 Å². The van der Waals surface area contributed by atoms with Gasteiger partial charge in [0.05, 0.1) is 30.8 Å². The van der Waals surface area contributed by atoms with Gasteiger partial charge in [0.2, 0.25) is 0 Å². The Morgan fingerprint density at radius 3 is 2.00 bits per heavy atom. The molecule has 134 valence electrons. The molecule has 0 bridgehead atoms. The van der Waals surface area contributed by atoms with Crippen molar-refractivity contribution in [2.75, 3.05) is 19.8 Å². The van der Waals surface area contributed by atoms with E-state index in [9.17, 15) is 9.59 Å². The molecule has 0 atom stereocenters. The monoisotopic (exact) mass is 400 g/mol. The van der Waals surface area contributed by atoms with Gasteiger partial charge in [0.25, 0.3) is 0 Å². The van der Waals surface area contributed by atoms with E-state index in [2.05, 4.69) is 24.1 Å². The van der Waals surface area contributed by atoms with Gasteiger partial charge in [-0.15, -0.1) is 0 Å². The number of rotatable bonds is 6. The molecule has 0 aromatic carbocycles. The summed E-state index contributed by atoms with van der Waals surface area (Å²) in [5, 5.41) is 26.5. The molecule has 0 amide bonds. The summed E-state index contributed by atoms with van der Waals surface area (Å²) in [5.41, 5.74) is -1.81. The number of hydrogen-bond acceptors (Lipinski definition) is 8. The first-order valence-corrected chi connectivity index (χ1v) is 9.19. The molecule has 10 heteroatoms. The molecular formula is C14H18MnO8P. The molecule has 0 saturated heterocycles. The first-order valence-electron chi connectivity index (χ1n) is 6.33. The van der Waals surface area contributed by atoms with Crippen LogP contribution < -0.4 is 14.7 Å². The van der Waals surface area contributed by atoms with E-state index >= 15 is 0 Å². The van der Waals surface area contributed by atoms with Gasteiger partial charge in [-0.1, -0.05) is 0 Å². The summed E-state index contributed by atoms with van der Waals surface area (Å²) >= 11 is 0.984. The summed E-state index contributed by atoms with van der Waals surface area (Å²) < 4.78 is 1.59. The summed E-state index contributed by atoms with van der Waals surface area (Å²) in [7, 11) is -3.37. The number of aliphatic hydroxyl groups is 3. The fourth-order valence-electron chi connectivity index (χ4n) is 1.32. The van der Waals surface area contributed by atoms with Crippen LogP contribution in [0.5, 0.6) is 0 Å². The predicted octanol–water partition coefficient (Wildman–Crippen LogP) is -2.65. The minimum atomic E-state index is -3.37. The molecule has 0 fully saturated rings. The largest absolute Gasteiger partial charge is 0.854 e. The van der Waals surface area contributed by atoms with Gasteiger partial charge in [0, 0.05) is 6.08 Å². The van der Waals surface area contributed by atoms with Crippen LogP contribution in [0.4, 0.5) is 0 Å². The van der Waals surface area contributed by atoms with Gasteiger partial charge in [-0.25, -0.2) is 9.59 Å². The third-order valence-corrected chi connectivity index (χ3v) is 3.96. The van der Waals surface area contributed by atoms with Crippen molar-refractivity contribution in [3.05, 3.63) is 34.3 Å². The van der Waals surface area contributed by atoms with Crippen molar-refractivity contribution in [3.8, 4) is 0 Å². The van der Waals surface area contributed by atoms with Crippen molar-refractivity contribution >= 4 is 20.5 Å². The second-order valence-corrected chi connectivity index (χ2v) is 5.99. The molecule has 3 N–H and O–H groups in total. The van der Waals surface area contributed by atoms with Gasteiger partial charge in [0.15, 0.2) is 0 Å². The first kappa shape index (κ1) is 25.3. The van der Waals surface area contributed by atoms with E-state index in [0.717, 1.165) is 21.0 Å². The molecule has 1 aliphatic carbocycles. The quantitative estimate of drug-likeness (QED) is 0.188. The van der Waals surface area contributed by atoms with Crippen LogP contribution in [-0.2, 0) is 24.5 Å². The van der Waals surface area contributed by atoms with E-state index in [1.165, 1.54) is 18.3 Å². The van der Waals surface area contributed by atoms with Crippen molar-refractivity contribution in [1.82, 2.24) is 0 Å². The Morgan fingerprint density at radius 1 is 1.29 bits per heavy atom. The maximum absolute atomic E-state index is 10.3. The van der Waals surface area contributed by atoms with E-state index in [4.69, 9.17) is 30.0 Å². The molecule has 0 radical (unpaired) electrons. The number of carbonyl (C=O) groups excluding carboxylic acids is 2. The van der Waals surface area contributed by atoms with Crippen molar-refractivity contribution in [2.45, 2.75) is 12.2 Å². The van der Waals surface area contributed by atoms with Crippen molar-refractivity contribution in [2.24, 2.45) is 5.41 Å². The Labute approximate surface area is 147 Å². The molecule has 24 heavy (non-hydrogen) atoms. The third kappa shape index (κ3) is 10.8. The second-order valence-electron chi connectivity index (χ2n) is 4.19. The average Bonchev–Trinajstić information content (AvgIpc) is 3.09. The third-order valence-electron chi connectivity index (χ3n) is 2.76. The normalized spacial score (nSPS) is 11.9. The fraction of sp³-hybridized carbons (Fsp3) is 0.429. The van der Waals surface area contributed by atoms with Crippen LogP contribution in [0.2, 0.25) is 5.82 Å². The molecule has 1 rings (SSSR count). The van der Waals surface area contributed by atoms with Gasteiger partial charge < -0.3 is 38.6 Å². The molecule has 0 saturated carbocycles. The molecule has 1 aliphatic rings. The van der Waals surface area contributed by atoms with Crippen LogP contribution in [0.25, 0.3) is 0 Å². The summed E-state index contributed by atoms with van der Waals surface area (Å²) in [6.07, 6.45) is 8.48. The molecule has 0 unspecified atom stereocenters. The van der Waals surface area contributed by atoms with Gasteiger partial charge in [-0.05, 0) is 0 Å². The van der Waals surface area contributed by atoms with E-state index in [-0.39, 0.29) is 5.57 Å². The summed E-state index contributed by atoms with van der Waals surface area (Å²) in [4.78, 5) is 45.7. The molecular weight excluding hydrogens is 382 g/mol. The standard InChI is InChI=1S/C8H10O5.C5H5.CH3.Mn.O3P/c9-2-1-7(3-10)8(4-11,5-12)6-13;1-2-4-5-3-1;;;1-4(2)3/h1,11-13H,4-6H2;1-3H,4H2;1H3;;/q;;;+3;-3. The Hall–Kier alpha value is -0.911.